The second-order valence-electron chi connectivity index (χ2n) is 5.41. The number of hydrogen-bond acceptors (Lipinski definition) is 5. The van der Waals surface area contributed by atoms with Crippen LogP contribution < -0.4 is 21.9 Å². The van der Waals surface area contributed by atoms with Crippen molar-refractivity contribution in [2.75, 3.05) is 5.73 Å². The van der Waals surface area contributed by atoms with Crippen molar-refractivity contribution in [3.8, 4) is 0 Å². The molecule has 2 heterocycles. The van der Waals surface area contributed by atoms with Crippen LogP contribution in [0.3, 0.4) is 0 Å². The standard InChI is InChI=1S/C17H14F3N5O/c18-17(19,20)11-3-1-10(2-4-11)13-5-6-15(25-24-13)23-16(26)14-9-12(21)7-8-22-14/h1-9,24-25H,(H2,21,22)(H,23,26). The first-order chi connectivity index (χ1) is 12.3. The van der Waals surface area contributed by atoms with Gasteiger partial charge in [-0.3, -0.25) is 20.6 Å². The van der Waals surface area contributed by atoms with Crippen LogP contribution in [0, 0.1) is 0 Å². The van der Waals surface area contributed by atoms with E-state index in [1.54, 1.807) is 18.2 Å². The van der Waals surface area contributed by atoms with E-state index in [-0.39, 0.29) is 5.69 Å². The van der Waals surface area contributed by atoms with Crippen LogP contribution in [0.25, 0.3) is 5.70 Å². The van der Waals surface area contributed by atoms with Crippen molar-refractivity contribution in [2.24, 2.45) is 0 Å². The molecule has 0 radical (unpaired) electrons. The molecule has 1 aliphatic heterocycles. The molecule has 0 unspecified atom stereocenters. The van der Waals surface area contributed by atoms with Gasteiger partial charge in [0.2, 0.25) is 0 Å². The van der Waals surface area contributed by atoms with Crippen molar-refractivity contribution < 1.29 is 18.0 Å². The first-order valence-corrected chi connectivity index (χ1v) is 7.47. The predicted molar refractivity (Wildman–Crippen MR) is 89.9 cm³/mol. The molecule has 134 valence electrons. The highest BCUT2D eigenvalue weighted by Gasteiger charge is 2.30. The number of allylic oxidation sites excluding steroid dienone is 2. The molecule has 1 aromatic heterocycles. The summed E-state index contributed by atoms with van der Waals surface area (Å²) >= 11 is 0. The van der Waals surface area contributed by atoms with Gasteiger partial charge in [0.1, 0.15) is 11.5 Å². The zero-order chi connectivity index (χ0) is 18.7. The number of nitrogens with zero attached hydrogens (tertiary/aromatic N) is 1. The zero-order valence-corrected chi connectivity index (χ0v) is 13.3. The highest BCUT2D eigenvalue weighted by molar-refractivity contribution is 5.94. The molecule has 0 fully saturated rings. The molecule has 0 atom stereocenters. The van der Waals surface area contributed by atoms with E-state index in [1.165, 1.54) is 24.4 Å². The summed E-state index contributed by atoms with van der Waals surface area (Å²) in [6, 6.07) is 7.73. The van der Waals surface area contributed by atoms with Gasteiger partial charge in [0.15, 0.2) is 0 Å². The Labute approximate surface area is 146 Å². The topological polar surface area (TPSA) is 92.1 Å². The van der Waals surface area contributed by atoms with Gasteiger partial charge in [-0.15, -0.1) is 0 Å². The first kappa shape index (κ1) is 17.3. The van der Waals surface area contributed by atoms with Crippen LogP contribution in [0.2, 0.25) is 0 Å². The number of nitrogen functional groups attached to an aromatic ring is 1. The van der Waals surface area contributed by atoms with Crippen LogP contribution in [0.4, 0.5) is 18.9 Å². The van der Waals surface area contributed by atoms with Crippen molar-refractivity contribution in [3.63, 3.8) is 0 Å². The normalized spacial score (nSPS) is 13.8. The molecule has 1 aromatic carbocycles. The molecule has 0 saturated carbocycles. The van der Waals surface area contributed by atoms with Crippen LogP contribution in [-0.2, 0) is 6.18 Å². The van der Waals surface area contributed by atoms with E-state index in [0.717, 1.165) is 12.1 Å². The molecule has 9 heteroatoms. The molecular weight excluding hydrogens is 347 g/mol. The lowest BCUT2D eigenvalue weighted by Gasteiger charge is -2.20. The molecule has 1 aliphatic rings. The van der Waals surface area contributed by atoms with Gasteiger partial charge in [0.05, 0.1) is 11.3 Å². The average molecular weight is 361 g/mol. The number of rotatable bonds is 3. The maximum atomic E-state index is 12.6. The summed E-state index contributed by atoms with van der Waals surface area (Å²) in [7, 11) is 0. The number of amides is 1. The average Bonchev–Trinajstić information content (AvgIpc) is 2.62. The molecule has 5 N–H and O–H groups in total. The number of carbonyl (C=O) groups excluding carboxylic acids is 1. The summed E-state index contributed by atoms with van der Waals surface area (Å²) < 4.78 is 37.8. The summed E-state index contributed by atoms with van der Waals surface area (Å²) in [5, 5.41) is 2.60. The number of anilines is 1. The van der Waals surface area contributed by atoms with Crippen LogP contribution in [0.5, 0.6) is 0 Å². The molecule has 0 spiro atoms. The number of halogens is 3. The third-order valence-corrected chi connectivity index (χ3v) is 3.54. The fraction of sp³-hybridized carbons (Fsp3) is 0.0588. The van der Waals surface area contributed by atoms with Crippen LogP contribution >= 0.6 is 0 Å². The van der Waals surface area contributed by atoms with E-state index in [4.69, 9.17) is 5.73 Å². The van der Waals surface area contributed by atoms with E-state index in [0.29, 0.717) is 22.8 Å². The van der Waals surface area contributed by atoms with E-state index in [1.807, 2.05) is 0 Å². The van der Waals surface area contributed by atoms with E-state index >= 15 is 0 Å². The number of hydrogen-bond donors (Lipinski definition) is 4. The number of benzene rings is 1. The molecule has 6 nitrogen and oxygen atoms in total. The van der Waals surface area contributed by atoms with Crippen molar-refractivity contribution in [2.45, 2.75) is 6.18 Å². The molecule has 3 rings (SSSR count). The van der Waals surface area contributed by atoms with E-state index < -0.39 is 17.6 Å². The number of nitrogens with two attached hydrogens (primary N) is 1. The molecule has 26 heavy (non-hydrogen) atoms. The Morgan fingerprint density at radius 3 is 2.38 bits per heavy atom. The van der Waals surface area contributed by atoms with Crippen molar-refractivity contribution in [1.82, 2.24) is 21.2 Å². The molecule has 1 amide bonds. The van der Waals surface area contributed by atoms with Gasteiger partial charge in [-0.05, 0) is 42.0 Å². The Balaban J connectivity index is 1.70. The summed E-state index contributed by atoms with van der Waals surface area (Å²) in [6.45, 7) is 0. The highest BCUT2D eigenvalue weighted by Crippen LogP contribution is 2.29. The number of hydrazine groups is 1. The van der Waals surface area contributed by atoms with Gasteiger partial charge in [-0.25, -0.2) is 0 Å². The smallest absolute Gasteiger partial charge is 0.399 e. The van der Waals surface area contributed by atoms with Crippen molar-refractivity contribution in [1.29, 1.82) is 0 Å². The van der Waals surface area contributed by atoms with Crippen LogP contribution in [-0.4, -0.2) is 10.9 Å². The Morgan fingerprint density at radius 2 is 1.81 bits per heavy atom. The highest BCUT2D eigenvalue weighted by atomic mass is 19.4. The lowest BCUT2D eigenvalue weighted by Crippen LogP contribution is -2.40. The van der Waals surface area contributed by atoms with Crippen molar-refractivity contribution in [3.05, 3.63) is 77.4 Å². The Morgan fingerprint density at radius 1 is 1.08 bits per heavy atom. The summed E-state index contributed by atoms with van der Waals surface area (Å²) in [4.78, 5) is 16.0. The van der Waals surface area contributed by atoms with Gasteiger partial charge in [0, 0.05) is 11.9 Å². The summed E-state index contributed by atoms with van der Waals surface area (Å²) in [6.07, 6.45) is 0.250. The third kappa shape index (κ3) is 3.94. The van der Waals surface area contributed by atoms with Gasteiger partial charge < -0.3 is 11.1 Å². The molecular formula is C17H14F3N5O. The number of nitrogens with one attached hydrogen (secondary N) is 3. The molecule has 2 aromatic rings. The van der Waals surface area contributed by atoms with Gasteiger partial charge in [0.25, 0.3) is 5.91 Å². The predicted octanol–water partition coefficient (Wildman–Crippen LogP) is 2.40. The third-order valence-electron chi connectivity index (χ3n) is 3.54. The Bertz CT molecular complexity index is 888. The van der Waals surface area contributed by atoms with Crippen LogP contribution in [0.1, 0.15) is 21.6 Å². The molecule has 0 saturated heterocycles. The fourth-order valence-corrected chi connectivity index (χ4v) is 2.22. The van der Waals surface area contributed by atoms with Crippen LogP contribution in [0.15, 0.2) is 60.6 Å². The van der Waals surface area contributed by atoms with E-state index in [9.17, 15) is 18.0 Å². The largest absolute Gasteiger partial charge is 0.416 e. The second-order valence-corrected chi connectivity index (χ2v) is 5.41. The lowest BCUT2D eigenvalue weighted by atomic mass is 10.1. The van der Waals surface area contributed by atoms with Gasteiger partial charge in [-0.1, -0.05) is 12.1 Å². The Hall–Kier alpha value is -3.49. The maximum Gasteiger partial charge on any atom is 0.416 e. The van der Waals surface area contributed by atoms with E-state index in [2.05, 4.69) is 21.2 Å². The van der Waals surface area contributed by atoms with Crippen molar-refractivity contribution >= 4 is 17.3 Å². The number of alkyl halides is 3. The van der Waals surface area contributed by atoms with Gasteiger partial charge >= 0.3 is 6.18 Å². The molecule has 0 bridgehead atoms. The van der Waals surface area contributed by atoms with Gasteiger partial charge in [-0.2, -0.15) is 13.2 Å². The monoisotopic (exact) mass is 361 g/mol. The maximum absolute atomic E-state index is 12.6. The first-order valence-electron chi connectivity index (χ1n) is 7.47. The minimum atomic E-state index is -4.38. The summed E-state index contributed by atoms with van der Waals surface area (Å²) in [5.74, 6) is -0.0980. The number of aromatic nitrogens is 1. The number of pyridine rings is 1. The minimum absolute atomic E-state index is 0.158. The molecule has 0 aliphatic carbocycles. The minimum Gasteiger partial charge on any atom is -0.399 e. The number of carbonyl (C=O) groups is 1. The summed E-state index contributed by atoms with van der Waals surface area (Å²) in [5.41, 5.74) is 12.1. The second kappa shape index (κ2) is 6.79. The SMILES string of the molecule is Nc1ccnc(C(=O)NC2=CC=C(c3ccc(C(F)(F)F)cc3)NN2)c1. The lowest BCUT2D eigenvalue weighted by molar-refractivity contribution is -0.137. The quantitative estimate of drug-likeness (QED) is 0.674. The zero-order valence-electron chi connectivity index (χ0n) is 13.3. The Kier molecular flexibility index (Phi) is 4.53. The fourth-order valence-electron chi connectivity index (χ4n) is 2.22.